The highest BCUT2D eigenvalue weighted by Gasteiger charge is 2.43. The van der Waals surface area contributed by atoms with E-state index in [4.69, 9.17) is 14.0 Å². The van der Waals surface area contributed by atoms with Gasteiger partial charge in [-0.3, -0.25) is 0 Å². The van der Waals surface area contributed by atoms with Gasteiger partial charge in [0.1, 0.15) is 5.60 Å². The van der Waals surface area contributed by atoms with Crippen molar-refractivity contribution in [3.8, 4) is 11.5 Å². The Kier molecular flexibility index (Phi) is 3.91. The fourth-order valence-corrected chi connectivity index (χ4v) is 3.44. The Bertz CT molecular complexity index is 650. The van der Waals surface area contributed by atoms with Crippen molar-refractivity contribution in [2.24, 2.45) is 0 Å². The molecule has 0 spiro atoms. The van der Waals surface area contributed by atoms with Crippen molar-refractivity contribution < 1.29 is 14.0 Å². The lowest BCUT2D eigenvalue weighted by molar-refractivity contribution is -0.0858. The lowest BCUT2D eigenvalue weighted by Crippen LogP contribution is -2.37. The predicted octanol–water partition coefficient (Wildman–Crippen LogP) is 3.66. The molecule has 1 saturated carbocycles. The summed E-state index contributed by atoms with van der Waals surface area (Å²) in [4.78, 5) is 4.56. The van der Waals surface area contributed by atoms with Crippen LogP contribution >= 0.6 is 0 Å². The fourth-order valence-electron chi connectivity index (χ4n) is 3.44. The number of rotatable bonds is 4. The van der Waals surface area contributed by atoms with Crippen LogP contribution in [0.4, 0.5) is 0 Å². The smallest absolute Gasteiger partial charge is 0.258 e. The Labute approximate surface area is 136 Å². The first-order chi connectivity index (χ1) is 11.3. The maximum absolute atomic E-state index is 5.61. The minimum Gasteiger partial charge on any atom is -0.381 e. The molecule has 122 valence electrons. The Morgan fingerprint density at radius 2 is 2.00 bits per heavy atom. The van der Waals surface area contributed by atoms with Crippen molar-refractivity contribution in [2.75, 3.05) is 20.3 Å². The summed E-state index contributed by atoms with van der Waals surface area (Å²) in [5, 5.41) is 4.14. The number of aromatic nitrogens is 2. The number of ether oxygens (including phenoxy) is 2. The third-order valence-electron chi connectivity index (χ3n) is 5.17. The summed E-state index contributed by atoms with van der Waals surface area (Å²) in [6, 6.07) is 8.41. The Balaban J connectivity index is 1.53. The van der Waals surface area contributed by atoms with Crippen LogP contribution in [0.25, 0.3) is 11.5 Å². The van der Waals surface area contributed by atoms with Crippen LogP contribution in [0.2, 0.25) is 0 Å². The molecule has 5 nitrogen and oxygen atoms in total. The van der Waals surface area contributed by atoms with Crippen LogP contribution in [-0.4, -0.2) is 30.5 Å². The lowest BCUT2D eigenvalue weighted by Gasteiger charge is -2.37. The molecule has 1 aromatic heterocycles. The molecular weight excluding hydrogens is 292 g/mol. The minimum atomic E-state index is -0.332. The first-order valence-electron chi connectivity index (χ1n) is 8.38. The quantitative estimate of drug-likeness (QED) is 0.862. The average molecular weight is 314 g/mol. The Morgan fingerprint density at radius 3 is 2.61 bits per heavy atom. The maximum atomic E-state index is 5.61. The summed E-state index contributed by atoms with van der Waals surface area (Å²) in [6.45, 7) is 1.71. The van der Waals surface area contributed by atoms with Gasteiger partial charge in [-0.1, -0.05) is 17.3 Å². The van der Waals surface area contributed by atoms with E-state index in [1.807, 2.05) is 0 Å². The molecule has 0 bridgehead atoms. The summed E-state index contributed by atoms with van der Waals surface area (Å²) in [7, 11) is 1.72. The number of hydrogen-bond acceptors (Lipinski definition) is 5. The van der Waals surface area contributed by atoms with E-state index in [2.05, 4.69) is 34.4 Å². The molecule has 2 aliphatic rings. The summed E-state index contributed by atoms with van der Waals surface area (Å²) in [5.41, 5.74) is 1.94. The van der Waals surface area contributed by atoms with E-state index in [9.17, 15) is 0 Å². The van der Waals surface area contributed by atoms with Gasteiger partial charge < -0.3 is 14.0 Å². The van der Waals surface area contributed by atoms with Crippen LogP contribution in [0.15, 0.2) is 28.8 Å². The number of nitrogens with zero attached hydrogens (tertiary/aromatic N) is 2. The molecule has 2 aromatic rings. The van der Waals surface area contributed by atoms with E-state index in [-0.39, 0.29) is 5.60 Å². The van der Waals surface area contributed by atoms with E-state index in [1.165, 1.54) is 12.0 Å². The number of benzene rings is 1. The van der Waals surface area contributed by atoms with E-state index in [0.29, 0.717) is 17.6 Å². The topological polar surface area (TPSA) is 57.4 Å². The standard InChI is InChI=1S/C18H22N2O3/c1-21-18(9-3-10-18)17-19-16(23-20-17)14-7-5-13(6-8-14)15-4-2-11-22-12-15/h5-8,15H,2-4,9-12H2,1H3/t15-/m1/s1. The molecule has 23 heavy (non-hydrogen) atoms. The number of hydrogen-bond donors (Lipinski definition) is 0. The lowest BCUT2D eigenvalue weighted by atomic mass is 9.79. The third kappa shape index (κ3) is 2.68. The van der Waals surface area contributed by atoms with Crippen molar-refractivity contribution in [3.63, 3.8) is 0 Å². The molecule has 1 aliphatic heterocycles. The minimum absolute atomic E-state index is 0.332. The van der Waals surface area contributed by atoms with Crippen LogP contribution in [-0.2, 0) is 15.1 Å². The molecule has 2 heterocycles. The maximum Gasteiger partial charge on any atom is 0.258 e. The van der Waals surface area contributed by atoms with Gasteiger partial charge in [0.15, 0.2) is 0 Å². The summed E-state index contributed by atoms with van der Waals surface area (Å²) < 4.78 is 16.6. The van der Waals surface area contributed by atoms with Crippen LogP contribution in [0.3, 0.4) is 0 Å². The molecule has 1 saturated heterocycles. The molecule has 1 aromatic carbocycles. The monoisotopic (exact) mass is 314 g/mol. The van der Waals surface area contributed by atoms with Crippen LogP contribution in [0.1, 0.15) is 49.4 Å². The highest BCUT2D eigenvalue weighted by atomic mass is 16.5. The molecular formula is C18H22N2O3. The molecule has 0 N–H and O–H groups in total. The van der Waals surface area contributed by atoms with E-state index >= 15 is 0 Å². The normalized spacial score (nSPS) is 23.4. The highest BCUT2D eigenvalue weighted by molar-refractivity contribution is 5.53. The van der Waals surface area contributed by atoms with Crippen molar-refractivity contribution in [2.45, 2.75) is 43.6 Å². The zero-order valence-electron chi connectivity index (χ0n) is 13.5. The van der Waals surface area contributed by atoms with Crippen molar-refractivity contribution in [1.82, 2.24) is 10.1 Å². The van der Waals surface area contributed by atoms with Gasteiger partial charge in [-0.05, 0) is 49.8 Å². The van der Waals surface area contributed by atoms with Gasteiger partial charge in [-0.25, -0.2) is 0 Å². The van der Waals surface area contributed by atoms with Gasteiger partial charge in [-0.15, -0.1) is 0 Å². The van der Waals surface area contributed by atoms with Crippen LogP contribution in [0.5, 0.6) is 0 Å². The average Bonchev–Trinajstić information content (AvgIpc) is 3.06. The van der Waals surface area contributed by atoms with Crippen molar-refractivity contribution in [1.29, 1.82) is 0 Å². The summed E-state index contributed by atoms with van der Waals surface area (Å²) in [5.74, 6) is 1.74. The molecule has 1 aliphatic carbocycles. The van der Waals surface area contributed by atoms with Crippen LogP contribution in [0, 0.1) is 0 Å². The second-order valence-corrected chi connectivity index (χ2v) is 6.51. The third-order valence-corrected chi connectivity index (χ3v) is 5.17. The van der Waals surface area contributed by atoms with Gasteiger partial charge in [0, 0.05) is 25.2 Å². The molecule has 5 heteroatoms. The highest BCUT2D eigenvalue weighted by Crippen LogP contribution is 2.43. The molecule has 0 unspecified atom stereocenters. The second-order valence-electron chi connectivity index (χ2n) is 6.51. The zero-order valence-corrected chi connectivity index (χ0v) is 13.5. The first-order valence-corrected chi connectivity index (χ1v) is 8.38. The van der Waals surface area contributed by atoms with Crippen molar-refractivity contribution in [3.05, 3.63) is 35.7 Å². The molecule has 1 atom stereocenters. The summed E-state index contributed by atoms with van der Waals surface area (Å²) in [6.07, 6.45) is 5.40. The number of methoxy groups -OCH3 is 1. The Morgan fingerprint density at radius 1 is 1.17 bits per heavy atom. The van der Waals surface area contributed by atoms with Crippen molar-refractivity contribution >= 4 is 0 Å². The zero-order chi connectivity index (χ0) is 15.7. The molecule has 2 fully saturated rings. The van der Waals surface area contributed by atoms with Gasteiger partial charge in [0.05, 0.1) is 6.61 Å². The van der Waals surface area contributed by atoms with Gasteiger partial charge >= 0.3 is 0 Å². The summed E-state index contributed by atoms with van der Waals surface area (Å²) >= 11 is 0. The van der Waals surface area contributed by atoms with Gasteiger partial charge in [-0.2, -0.15) is 4.98 Å². The van der Waals surface area contributed by atoms with E-state index in [1.54, 1.807) is 7.11 Å². The van der Waals surface area contributed by atoms with Gasteiger partial charge in [0.25, 0.3) is 5.89 Å². The van der Waals surface area contributed by atoms with Gasteiger partial charge in [0.2, 0.25) is 5.82 Å². The van der Waals surface area contributed by atoms with E-state index < -0.39 is 0 Å². The largest absolute Gasteiger partial charge is 0.381 e. The molecule has 0 radical (unpaired) electrons. The second kappa shape index (κ2) is 6.06. The van der Waals surface area contributed by atoms with E-state index in [0.717, 1.165) is 44.5 Å². The van der Waals surface area contributed by atoms with Crippen LogP contribution < -0.4 is 0 Å². The SMILES string of the molecule is COC1(c2noc(-c3ccc([C@@H]4CCCOC4)cc3)n2)CCC1. The molecule has 4 rings (SSSR count). The predicted molar refractivity (Wildman–Crippen MR) is 85.1 cm³/mol. The Hall–Kier alpha value is -1.72. The molecule has 0 amide bonds. The first kappa shape index (κ1) is 14.8. The fraction of sp³-hybridized carbons (Fsp3) is 0.556.